The van der Waals surface area contributed by atoms with Crippen LogP contribution in [-0.4, -0.2) is 0 Å². The molecule has 0 N–H and O–H groups in total. The van der Waals surface area contributed by atoms with Gasteiger partial charge < -0.3 is 9.47 Å². The largest absolute Gasteiger partial charge is 0.450 e. The Bertz CT molecular complexity index is 1740. The lowest BCUT2D eigenvalue weighted by Crippen LogP contribution is -2.15. The molecule has 2 aliphatic rings. The quantitative estimate of drug-likeness (QED) is 0.250. The SMILES string of the molecule is CC1(C)c2ccccc2-c2cc3c(cc21)Oc1ccc(-c2ccc(-c4ccc(C#N)cc4)cc2)cc1O3. The smallest absolute Gasteiger partial charge is 0.170 e. The second-order valence-electron chi connectivity index (χ2n) is 10.1. The number of hydrogen-bond acceptors (Lipinski definition) is 3. The Morgan fingerprint density at radius 2 is 1.11 bits per heavy atom. The molecule has 5 aromatic rings. The maximum atomic E-state index is 9.03. The Morgan fingerprint density at radius 1 is 0.541 bits per heavy atom. The average Bonchev–Trinajstić information content (AvgIpc) is 3.16. The highest BCUT2D eigenvalue weighted by Gasteiger charge is 2.37. The van der Waals surface area contributed by atoms with Gasteiger partial charge in [0.25, 0.3) is 0 Å². The van der Waals surface area contributed by atoms with Crippen molar-refractivity contribution in [2.75, 3.05) is 0 Å². The van der Waals surface area contributed by atoms with E-state index in [1.165, 1.54) is 22.3 Å². The van der Waals surface area contributed by atoms with Crippen molar-refractivity contribution in [3.05, 3.63) is 120 Å². The molecule has 3 nitrogen and oxygen atoms in total. The van der Waals surface area contributed by atoms with Crippen molar-refractivity contribution in [1.82, 2.24) is 0 Å². The van der Waals surface area contributed by atoms with E-state index in [1.54, 1.807) is 0 Å². The zero-order valence-electron chi connectivity index (χ0n) is 20.6. The molecular formula is C34H23NO2. The monoisotopic (exact) mass is 477 g/mol. The lowest BCUT2D eigenvalue weighted by molar-refractivity contribution is 0.359. The van der Waals surface area contributed by atoms with Crippen LogP contribution in [0.15, 0.2) is 103 Å². The predicted octanol–water partition coefficient (Wildman–Crippen LogP) is 9.10. The second kappa shape index (κ2) is 7.85. The van der Waals surface area contributed by atoms with Gasteiger partial charge in [-0.3, -0.25) is 0 Å². The van der Waals surface area contributed by atoms with E-state index >= 15 is 0 Å². The first kappa shape index (κ1) is 21.5. The third-order valence-corrected chi connectivity index (χ3v) is 7.60. The molecule has 1 aliphatic carbocycles. The summed E-state index contributed by atoms with van der Waals surface area (Å²) in [5.41, 5.74) is 9.99. The van der Waals surface area contributed by atoms with Crippen molar-refractivity contribution in [3.63, 3.8) is 0 Å². The number of hydrogen-bond donors (Lipinski definition) is 0. The van der Waals surface area contributed by atoms with Gasteiger partial charge in [0.15, 0.2) is 23.0 Å². The molecule has 0 bridgehead atoms. The molecule has 176 valence electrons. The molecule has 0 atom stereocenters. The van der Waals surface area contributed by atoms with E-state index in [9.17, 15) is 0 Å². The highest BCUT2D eigenvalue weighted by molar-refractivity contribution is 5.83. The number of fused-ring (bicyclic) bond motifs is 5. The van der Waals surface area contributed by atoms with Crippen LogP contribution in [-0.2, 0) is 5.41 Å². The maximum absolute atomic E-state index is 9.03. The van der Waals surface area contributed by atoms with Crippen LogP contribution in [0, 0.1) is 11.3 Å². The van der Waals surface area contributed by atoms with Crippen LogP contribution >= 0.6 is 0 Å². The number of nitrogens with zero attached hydrogens (tertiary/aromatic N) is 1. The summed E-state index contributed by atoms with van der Waals surface area (Å²) < 4.78 is 12.7. The molecular weight excluding hydrogens is 454 g/mol. The van der Waals surface area contributed by atoms with Crippen molar-refractivity contribution < 1.29 is 9.47 Å². The molecule has 0 amide bonds. The first-order valence-corrected chi connectivity index (χ1v) is 12.4. The van der Waals surface area contributed by atoms with Crippen LogP contribution < -0.4 is 9.47 Å². The van der Waals surface area contributed by atoms with Crippen LogP contribution in [0.25, 0.3) is 33.4 Å². The number of benzene rings is 5. The van der Waals surface area contributed by atoms with Crippen LogP contribution in [0.4, 0.5) is 0 Å². The number of ether oxygens (including phenoxy) is 2. The van der Waals surface area contributed by atoms with Crippen LogP contribution in [0.1, 0.15) is 30.5 Å². The lowest BCUT2D eigenvalue weighted by Gasteiger charge is -2.25. The van der Waals surface area contributed by atoms with E-state index < -0.39 is 0 Å². The highest BCUT2D eigenvalue weighted by atomic mass is 16.6. The molecule has 37 heavy (non-hydrogen) atoms. The van der Waals surface area contributed by atoms with Crippen LogP contribution in [0.5, 0.6) is 23.0 Å². The minimum absolute atomic E-state index is 0.0849. The summed E-state index contributed by atoms with van der Waals surface area (Å²) in [4.78, 5) is 0. The predicted molar refractivity (Wildman–Crippen MR) is 146 cm³/mol. The summed E-state index contributed by atoms with van der Waals surface area (Å²) in [6, 6.07) is 37.2. The minimum Gasteiger partial charge on any atom is -0.450 e. The first-order valence-electron chi connectivity index (χ1n) is 12.4. The molecule has 3 heteroatoms. The van der Waals surface area contributed by atoms with Gasteiger partial charge in [0.1, 0.15) is 0 Å². The van der Waals surface area contributed by atoms with Gasteiger partial charge in [-0.15, -0.1) is 0 Å². The lowest BCUT2D eigenvalue weighted by atomic mass is 9.82. The highest BCUT2D eigenvalue weighted by Crippen LogP contribution is 2.55. The zero-order chi connectivity index (χ0) is 25.1. The number of rotatable bonds is 2. The molecule has 7 rings (SSSR count). The maximum Gasteiger partial charge on any atom is 0.170 e. The average molecular weight is 478 g/mol. The molecule has 0 spiro atoms. The molecule has 0 unspecified atom stereocenters. The normalized spacial score (nSPS) is 13.8. The van der Waals surface area contributed by atoms with Gasteiger partial charge in [-0.2, -0.15) is 5.26 Å². The molecule has 0 saturated carbocycles. The van der Waals surface area contributed by atoms with Crippen molar-refractivity contribution in [2.45, 2.75) is 19.3 Å². The minimum atomic E-state index is -0.0849. The van der Waals surface area contributed by atoms with Gasteiger partial charge in [0.05, 0.1) is 11.6 Å². The molecule has 0 saturated heterocycles. The molecule has 1 heterocycles. The van der Waals surface area contributed by atoms with Crippen molar-refractivity contribution in [3.8, 4) is 62.4 Å². The fraction of sp³-hybridized carbons (Fsp3) is 0.0882. The summed E-state index contributed by atoms with van der Waals surface area (Å²) >= 11 is 0. The fourth-order valence-electron chi connectivity index (χ4n) is 5.55. The Kier molecular flexibility index (Phi) is 4.55. The van der Waals surface area contributed by atoms with Gasteiger partial charge in [-0.25, -0.2) is 0 Å². The number of nitriles is 1. The van der Waals surface area contributed by atoms with Crippen molar-refractivity contribution >= 4 is 0 Å². The van der Waals surface area contributed by atoms with Gasteiger partial charge in [0.2, 0.25) is 0 Å². The Balaban J connectivity index is 1.21. The third-order valence-electron chi connectivity index (χ3n) is 7.60. The molecule has 0 aromatic heterocycles. The van der Waals surface area contributed by atoms with Crippen LogP contribution in [0.2, 0.25) is 0 Å². The third kappa shape index (κ3) is 3.34. The van der Waals surface area contributed by atoms with E-state index in [4.69, 9.17) is 14.7 Å². The summed E-state index contributed by atoms with van der Waals surface area (Å²) in [5, 5.41) is 9.03. The Hall–Kier alpha value is -4.81. The van der Waals surface area contributed by atoms with E-state index in [1.807, 2.05) is 36.4 Å². The summed E-state index contributed by atoms with van der Waals surface area (Å²) in [7, 11) is 0. The molecule has 5 aromatic carbocycles. The van der Waals surface area contributed by atoms with E-state index in [0.29, 0.717) is 11.3 Å². The zero-order valence-corrected chi connectivity index (χ0v) is 20.6. The Morgan fingerprint density at radius 3 is 1.84 bits per heavy atom. The van der Waals surface area contributed by atoms with E-state index in [0.717, 1.165) is 39.5 Å². The van der Waals surface area contributed by atoms with Gasteiger partial charge in [-0.05, 0) is 80.9 Å². The van der Waals surface area contributed by atoms with Crippen LogP contribution in [0.3, 0.4) is 0 Å². The van der Waals surface area contributed by atoms with E-state index in [2.05, 4.69) is 86.6 Å². The molecule has 0 radical (unpaired) electrons. The van der Waals surface area contributed by atoms with Gasteiger partial charge in [-0.1, -0.05) is 80.6 Å². The molecule has 0 fully saturated rings. The first-order chi connectivity index (χ1) is 18.0. The molecule has 1 aliphatic heterocycles. The van der Waals surface area contributed by atoms with Crippen molar-refractivity contribution in [2.24, 2.45) is 0 Å². The standard InChI is InChI=1S/C34H23NO2/c1-34(2)28-6-4-3-5-26(28)27-18-32-33(19-29(27)34)36-30-16-15-25(17-31(30)37-32)24-13-11-23(12-14-24)22-9-7-21(20-35)8-10-22/h3-19H,1-2H3. The van der Waals surface area contributed by atoms with Gasteiger partial charge >= 0.3 is 0 Å². The van der Waals surface area contributed by atoms with E-state index in [-0.39, 0.29) is 5.41 Å². The van der Waals surface area contributed by atoms with Crippen molar-refractivity contribution in [1.29, 1.82) is 5.26 Å². The summed E-state index contributed by atoms with van der Waals surface area (Å²) in [6.45, 7) is 4.53. The summed E-state index contributed by atoms with van der Waals surface area (Å²) in [6.07, 6.45) is 0. The Labute approximate surface area is 216 Å². The second-order valence-corrected chi connectivity index (χ2v) is 10.1. The topological polar surface area (TPSA) is 42.2 Å². The summed E-state index contributed by atoms with van der Waals surface area (Å²) in [5.74, 6) is 2.93. The van der Waals surface area contributed by atoms with Gasteiger partial charge in [0, 0.05) is 5.41 Å². The fourth-order valence-corrected chi connectivity index (χ4v) is 5.55.